The molecule has 4 atom stereocenters. The molecule has 0 aliphatic carbocycles. The lowest BCUT2D eigenvalue weighted by Gasteiger charge is -2.37. The van der Waals surface area contributed by atoms with Crippen molar-refractivity contribution in [3.63, 3.8) is 0 Å². The van der Waals surface area contributed by atoms with Gasteiger partial charge in [0.05, 0.1) is 39.9 Å². The number of methoxy groups -OCH3 is 2. The Balaban J connectivity index is 1.36. The highest BCUT2D eigenvalue weighted by molar-refractivity contribution is 7.47. The molecule has 14 nitrogen and oxygen atoms in total. The highest BCUT2D eigenvalue weighted by Gasteiger charge is 2.45. The lowest BCUT2D eigenvalue weighted by atomic mass is 9.80. The second-order valence-electron chi connectivity index (χ2n) is 12.3. The summed E-state index contributed by atoms with van der Waals surface area (Å²) < 4.78 is 49.2. The Morgan fingerprint density at radius 2 is 1.53 bits per heavy atom. The number of nitriles is 1. The lowest BCUT2D eigenvalue weighted by molar-refractivity contribution is -0.212. The van der Waals surface area contributed by atoms with Crippen LogP contribution in [0.1, 0.15) is 41.3 Å². The molecule has 6 rings (SSSR count). The standard InChI is InChI=1S/C40H39N4O10P/c1-49-32-18-14-30(15-19-32)40(29-12-7-4-8-13-29,31-16-20-33(50-2)21-17-31)51-27-35-34(54-55(47,48)52-25-9-23-41)26-37(53-35)44-24-22-36(43-39(44)46)42-38(45)28-10-5-3-6-11-28/h3-8,10-22,24,34-35,37H,9,25-27H2,1-2H3,(H,47,48)(H,42,43,45,46)/p-1/t34-,35+,37+/m0/s1. The van der Waals surface area contributed by atoms with E-state index >= 15 is 0 Å². The van der Waals surface area contributed by atoms with Gasteiger partial charge in [-0.05, 0) is 58.5 Å². The number of aromatic nitrogens is 2. The van der Waals surface area contributed by atoms with E-state index in [-0.39, 0.29) is 31.9 Å². The van der Waals surface area contributed by atoms with Crippen molar-refractivity contribution in [3.8, 4) is 17.6 Å². The number of hydrogen-bond donors (Lipinski definition) is 1. The Labute approximate surface area is 317 Å². The topological polar surface area (TPSA) is 187 Å². The zero-order valence-corrected chi connectivity index (χ0v) is 30.9. The molecule has 1 saturated heterocycles. The Morgan fingerprint density at radius 1 is 0.945 bits per heavy atom. The molecule has 5 aromatic rings. The van der Waals surface area contributed by atoms with E-state index in [1.54, 1.807) is 44.6 Å². The van der Waals surface area contributed by atoms with Gasteiger partial charge in [0.2, 0.25) is 0 Å². The van der Waals surface area contributed by atoms with Crippen molar-refractivity contribution in [2.75, 3.05) is 27.4 Å². The van der Waals surface area contributed by atoms with Crippen molar-refractivity contribution in [1.29, 1.82) is 5.26 Å². The largest absolute Gasteiger partial charge is 0.858 e. The molecule has 1 unspecified atom stereocenters. The maximum Gasteiger partial charge on any atom is 0.472 e. The van der Waals surface area contributed by atoms with E-state index < -0.39 is 43.4 Å². The Morgan fingerprint density at radius 3 is 2.09 bits per heavy atom. The van der Waals surface area contributed by atoms with Gasteiger partial charge in [0.25, 0.3) is 0 Å². The van der Waals surface area contributed by atoms with Crippen LogP contribution in [0, 0.1) is 11.3 Å². The highest BCUT2D eigenvalue weighted by atomic mass is 31.2. The SMILES string of the molecule is COc1ccc(C(OC[C@H]2O[C@@H](n3ccc(N=C([O-])c4ccccc4)nc3=O)C[C@@H]2OP(=O)(O)OCCC#N)(c2ccccc2)c2ccc(OC)cc2)cc1. The summed E-state index contributed by atoms with van der Waals surface area (Å²) in [5.41, 5.74) is 0.500. The Bertz CT molecular complexity index is 2160. The molecule has 0 bridgehead atoms. The summed E-state index contributed by atoms with van der Waals surface area (Å²) in [4.78, 5) is 31.9. The second kappa shape index (κ2) is 17.7. The van der Waals surface area contributed by atoms with Crippen LogP contribution in [-0.2, 0) is 28.7 Å². The Hall–Kier alpha value is -5.65. The molecular weight excluding hydrogens is 727 g/mol. The molecule has 2 heterocycles. The number of benzene rings is 4. The normalized spacial score (nSPS) is 18.3. The minimum Gasteiger partial charge on any atom is -0.858 e. The number of hydrogen-bond acceptors (Lipinski definition) is 12. The average molecular weight is 766 g/mol. The molecule has 1 aliphatic heterocycles. The summed E-state index contributed by atoms with van der Waals surface area (Å²) in [6.45, 7) is -0.558. The molecule has 0 spiro atoms. The second-order valence-corrected chi connectivity index (χ2v) is 13.7. The van der Waals surface area contributed by atoms with Crippen molar-refractivity contribution >= 4 is 19.5 Å². The van der Waals surface area contributed by atoms with E-state index in [2.05, 4.69) is 9.98 Å². The molecule has 55 heavy (non-hydrogen) atoms. The van der Waals surface area contributed by atoms with Crippen LogP contribution in [0.2, 0.25) is 0 Å². The van der Waals surface area contributed by atoms with Crippen LogP contribution in [0.25, 0.3) is 0 Å². The van der Waals surface area contributed by atoms with Gasteiger partial charge >= 0.3 is 13.5 Å². The fourth-order valence-electron chi connectivity index (χ4n) is 6.26. The molecule has 0 saturated carbocycles. The van der Waals surface area contributed by atoms with Crippen LogP contribution in [0.4, 0.5) is 5.82 Å². The van der Waals surface area contributed by atoms with Crippen molar-refractivity contribution in [2.24, 2.45) is 4.99 Å². The average Bonchev–Trinajstić information content (AvgIpc) is 3.60. The van der Waals surface area contributed by atoms with Crippen LogP contribution in [-0.4, -0.2) is 60.0 Å². The summed E-state index contributed by atoms with van der Waals surface area (Å²) in [7, 11) is -1.57. The minimum atomic E-state index is -4.72. The van der Waals surface area contributed by atoms with Crippen molar-refractivity contribution in [1.82, 2.24) is 9.55 Å². The van der Waals surface area contributed by atoms with Crippen molar-refractivity contribution in [3.05, 3.63) is 154 Å². The number of ether oxygens (including phenoxy) is 4. The monoisotopic (exact) mass is 765 g/mol. The fraction of sp³-hybridized carbons (Fsp3) is 0.250. The van der Waals surface area contributed by atoms with Crippen LogP contribution < -0.4 is 20.3 Å². The van der Waals surface area contributed by atoms with Crippen LogP contribution in [0.3, 0.4) is 0 Å². The van der Waals surface area contributed by atoms with E-state index in [4.69, 9.17) is 33.3 Å². The molecule has 1 aliphatic rings. The van der Waals surface area contributed by atoms with Gasteiger partial charge in [-0.3, -0.25) is 13.6 Å². The first-order chi connectivity index (χ1) is 26.7. The van der Waals surface area contributed by atoms with Gasteiger partial charge in [-0.1, -0.05) is 84.9 Å². The summed E-state index contributed by atoms with van der Waals surface area (Å²) in [6, 6.07) is 35.9. The minimum absolute atomic E-state index is 0.0926. The van der Waals surface area contributed by atoms with E-state index in [0.717, 1.165) is 16.7 Å². The smallest absolute Gasteiger partial charge is 0.472 e. The maximum absolute atomic E-state index is 13.3. The first-order valence-corrected chi connectivity index (χ1v) is 18.7. The molecule has 4 aromatic carbocycles. The molecule has 0 amide bonds. The summed E-state index contributed by atoms with van der Waals surface area (Å²) >= 11 is 0. The maximum atomic E-state index is 13.3. The highest BCUT2D eigenvalue weighted by Crippen LogP contribution is 2.49. The van der Waals surface area contributed by atoms with Gasteiger partial charge in [0.15, 0.2) is 5.82 Å². The third-order valence-electron chi connectivity index (χ3n) is 8.92. The summed E-state index contributed by atoms with van der Waals surface area (Å²) in [5, 5.41) is 21.6. The zero-order chi connectivity index (χ0) is 38.8. The van der Waals surface area contributed by atoms with Crippen LogP contribution in [0.5, 0.6) is 11.5 Å². The summed E-state index contributed by atoms with van der Waals surface area (Å²) in [5.74, 6) is 0.596. The van der Waals surface area contributed by atoms with Crippen molar-refractivity contribution in [2.45, 2.75) is 36.9 Å². The number of phosphoric ester groups is 1. The van der Waals surface area contributed by atoms with E-state index in [9.17, 15) is 19.4 Å². The zero-order valence-electron chi connectivity index (χ0n) is 30.0. The lowest BCUT2D eigenvalue weighted by Crippen LogP contribution is -2.38. The van der Waals surface area contributed by atoms with Crippen molar-refractivity contribution < 1.29 is 42.6 Å². The first kappa shape index (κ1) is 39.1. The predicted molar refractivity (Wildman–Crippen MR) is 199 cm³/mol. The Kier molecular flexibility index (Phi) is 12.5. The molecule has 284 valence electrons. The molecule has 0 radical (unpaired) electrons. The van der Waals surface area contributed by atoms with Crippen LogP contribution >= 0.6 is 7.82 Å². The van der Waals surface area contributed by atoms with Gasteiger partial charge in [0.1, 0.15) is 35.5 Å². The van der Waals surface area contributed by atoms with Gasteiger partial charge in [0, 0.05) is 12.6 Å². The van der Waals surface area contributed by atoms with E-state index in [1.165, 1.54) is 16.8 Å². The molecule has 15 heteroatoms. The number of nitrogens with zero attached hydrogens (tertiary/aromatic N) is 4. The predicted octanol–water partition coefficient (Wildman–Crippen LogP) is 5.41. The molecule has 1 N–H and O–H groups in total. The number of rotatable bonds is 16. The number of phosphoric acid groups is 1. The van der Waals surface area contributed by atoms with Gasteiger partial charge in [-0.2, -0.15) is 10.2 Å². The number of aliphatic imine (C=N–C) groups is 1. The van der Waals surface area contributed by atoms with Gasteiger partial charge in [-0.25, -0.2) is 14.4 Å². The first-order valence-electron chi connectivity index (χ1n) is 17.2. The quantitative estimate of drug-likeness (QED) is 0.0443. The summed E-state index contributed by atoms with van der Waals surface area (Å²) in [6.07, 6.45) is -2.07. The van der Waals surface area contributed by atoms with E-state index in [1.807, 2.05) is 84.9 Å². The van der Waals surface area contributed by atoms with Crippen LogP contribution in [0.15, 0.2) is 131 Å². The third-order valence-corrected chi connectivity index (χ3v) is 9.96. The molecule has 1 aromatic heterocycles. The van der Waals surface area contributed by atoms with E-state index in [0.29, 0.717) is 17.1 Å². The molecule has 1 fully saturated rings. The van der Waals surface area contributed by atoms with Gasteiger partial charge < -0.3 is 28.9 Å². The fourth-order valence-corrected chi connectivity index (χ4v) is 7.20. The molecular formula is C40H38N4O10P-. The third kappa shape index (κ3) is 9.18. The van der Waals surface area contributed by atoms with Gasteiger partial charge in [-0.15, -0.1) is 0 Å².